The van der Waals surface area contributed by atoms with Gasteiger partial charge in [-0.25, -0.2) is 10.0 Å². The lowest BCUT2D eigenvalue weighted by Gasteiger charge is -2.27. The number of hydrogen-bond donors (Lipinski definition) is 1. The van der Waals surface area contributed by atoms with Gasteiger partial charge >= 0.3 is 0 Å². The van der Waals surface area contributed by atoms with Crippen molar-refractivity contribution < 1.29 is 14.4 Å². The van der Waals surface area contributed by atoms with Crippen LogP contribution in [-0.2, 0) is 33.9 Å². The fourth-order valence-electron chi connectivity index (χ4n) is 2.33. The van der Waals surface area contributed by atoms with Crippen LogP contribution in [0.25, 0.3) is 0 Å². The van der Waals surface area contributed by atoms with Crippen molar-refractivity contribution in [1.29, 1.82) is 0 Å². The second kappa shape index (κ2) is 7.54. The SMILES string of the molecule is COCCNc1nc(CC(=O)N2Cc3ccccc3CO2)cs1. The van der Waals surface area contributed by atoms with Gasteiger partial charge in [0.2, 0.25) is 0 Å². The van der Waals surface area contributed by atoms with Crippen LogP contribution in [-0.4, -0.2) is 36.2 Å². The average Bonchev–Trinajstić information content (AvgIpc) is 3.02. The first-order valence-electron chi connectivity index (χ1n) is 7.43. The number of benzene rings is 1. The van der Waals surface area contributed by atoms with E-state index in [0.717, 1.165) is 22.0 Å². The Hall–Kier alpha value is -1.96. The van der Waals surface area contributed by atoms with Gasteiger partial charge in [-0.15, -0.1) is 11.3 Å². The molecule has 0 saturated heterocycles. The van der Waals surface area contributed by atoms with Crippen molar-refractivity contribution in [2.24, 2.45) is 0 Å². The number of amides is 1. The van der Waals surface area contributed by atoms with Gasteiger partial charge in [-0.3, -0.25) is 9.63 Å². The molecule has 1 aromatic heterocycles. The molecule has 0 fully saturated rings. The first-order chi connectivity index (χ1) is 11.3. The Morgan fingerprint density at radius 1 is 1.43 bits per heavy atom. The summed E-state index contributed by atoms with van der Waals surface area (Å²) in [5.74, 6) is -0.0757. The molecule has 1 aliphatic heterocycles. The molecule has 122 valence electrons. The summed E-state index contributed by atoms with van der Waals surface area (Å²) in [4.78, 5) is 22.3. The van der Waals surface area contributed by atoms with E-state index < -0.39 is 0 Å². The summed E-state index contributed by atoms with van der Waals surface area (Å²) in [6.07, 6.45) is 0.241. The summed E-state index contributed by atoms with van der Waals surface area (Å²) in [5.41, 5.74) is 3.02. The maximum atomic E-state index is 12.4. The normalized spacial score (nSPS) is 13.7. The van der Waals surface area contributed by atoms with Crippen molar-refractivity contribution in [2.75, 3.05) is 25.6 Å². The summed E-state index contributed by atoms with van der Waals surface area (Å²) < 4.78 is 4.98. The van der Waals surface area contributed by atoms with Gasteiger partial charge in [0.05, 0.1) is 25.3 Å². The lowest BCUT2D eigenvalue weighted by Crippen LogP contribution is -2.35. The minimum atomic E-state index is -0.0757. The Kier molecular flexibility index (Phi) is 5.22. The van der Waals surface area contributed by atoms with Crippen LogP contribution in [0.2, 0.25) is 0 Å². The molecule has 0 spiro atoms. The molecule has 3 rings (SSSR count). The average molecular weight is 333 g/mol. The molecule has 1 amide bonds. The number of nitrogens with one attached hydrogen (secondary N) is 1. The Bertz CT molecular complexity index is 674. The van der Waals surface area contributed by atoms with Crippen LogP contribution in [0.4, 0.5) is 5.13 Å². The Morgan fingerprint density at radius 3 is 3.09 bits per heavy atom. The molecular formula is C16H19N3O3S. The van der Waals surface area contributed by atoms with Gasteiger partial charge in [-0.05, 0) is 11.1 Å². The van der Waals surface area contributed by atoms with Gasteiger partial charge in [-0.2, -0.15) is 0 Å². The van der Waals surface area contributed by atoms with Gasteiger partial charge in [0.15, 0.2) is 5.13 Å². The van der Waals surface area contributed by atoms with Gasteiger partial charge in [0.25, 0.3) is 5.91 Å². The molecule has 0 aliphatic carbocycles. The topological polar surface area (TPSA) is 63.7 Å². The summed E-state index contributed by atoms with van der Waals surface area (Å²) in [6.45, 7) is 2.24. The van der Waals surface area contributed by atoms with Gasteiger partial charge in [0, 0.05) is 19.0 Å². The summed E-state index contributed by atoms with van der Waals surface area (Å²) in [6, 6.07) is 8.01. The van der Waals surface area contributed by atoms with Crippen molar-refractivity contribution in [3.05, 3.63) is 46.5 Å². The third kappa shape index (κ3) is 4.07. The highest BCUT2D eigenvalue weighted by atomic mass is 32.1. The highest BCUT2D eigenvalue weighted by Crippen LogP contribution is 2.21. The largest absolute Gasteiger partial charge is 0.383 e. The summed E-state index contributed by atoms with van der Waals surface area (Å²) >= 11 is 1.49. The smallest absolute Gasteiger partial charge is 0.252 e. The van der Waals surface area contributed by atoms with Gasteiger partial charge in [0.1, 0.15) is 6.61 Å². The number of hydroxylamine groups is 2. The monoisotopic (exact) mass is 333 g/mol. The van der Waals surface area contributed by atoms with E-state index in [0.29, 0.717) is 26.3 Å². The zero-order valence-electron chi connectivity index (χ0n) is 12.9. The van der Waals surface area contributed by atoms with Crippen molar-refractivity contribution in [3.63, 3.8) is 0 Å². The zero-order chi connectivity index (χ0) is 16.1. The van der Waals surface area contributed by atoms with Crippen molar-refractivity contribution in [2.45, 2.75) is 19.6 Å². The van der Waals surface area contributed by atoms with Crippen LogP contribution in [0.15, 0.2) is 29.6 Å². The number of fused-ring (bicyclic) bond motifs is 1. The predicted molar refractivity (Wildman–Crippen MR) is 88.0 cm³/mol. The lowest BCUT2D eigenvalue weighted by atomic mass is 10.1. The minimum absolute atomic E-state index is 0.0757. The van der Waals surface area contributed by atoms with E-state index in [2.05, 4.69) is 10.3 Å². The Balaban J connectivity index is 1.55. The third-order valence-corrected chi connectivity index (χ3v) is 4.40. The van der Waals surface area contributed by atoms with Gasteiger partial charge < -0.3 is 10.1 Å². The summed E-state index contributed by atoms with van der Waals surface area (Å²) in [7, 11) is 1.66. The minimum Gasteiger partial charge on any atom is -0.383 e. The molecule has 0 atom stereocenters. The van der Waals surface area contributed by atoms with Crippen molar-refractivity contribution in [3.8, 4) is 0 Å². The van der Waals surface area contributed by atoms with Crippen molar-refractivity contribution >= 4 is 22.4 Å². The molecule has 23 heavy (non-hydrogen) atoms. The second-order valence-electron chi connectivity index (χ2n) is 5.21. The number of rotatable bonds is 6. The fraction of sp³-hybridized carbons (Fsp3) is 0.375. The maximum absolute atomic E-state index is 12.4. The predicted octanol–water partition coefficient (Wildman–Crippen LogP) is 2.22. The quantitative estimate of drug-likeness (QED) is 0.821. The van der Waals surface area contributed by atoms with E-state index in [-0.39, 0.29) is 12.3 Å². The second-order valence-corrected chi connectivity index (χ2v) is 6.07. The maximum Gasteiger partial charge on any atom is 0.252 e. The van der Waals surface area contributed by atoms with Crippen LogP contribution < -0.4 is 5.32 Å². The van der Waals surface area contributed by atoms with Crippen LogP contribution >= 0.6 is 11.3 Å². The van der Waals surface area contributed by atoms with Crippen molar-refractivity contribution in [1.82, 2.24) is 10.0 Å². The number of carbonyl (C=O) groups is 1. The number of carbonyl (C=O) groups excluding carboxylic acids is 1. The Morgan fingerprint density at radius 2 is 2.26 bits per heavy atom. The molecule has 1 N–H and O–H groups in total. The number of ether oxygens (including phenoxy) is 1. The van der Waals surface area contributed by atoms with Crippen LogP contribution in [0, 0.1) is 0 Å². The molecule has 7 heteroatoms. The van der Waals surface area contributed by atoms with Gasteiger partial charge in [-0.1, -0.05) is 24.3 Å². The number of thiazole rings is 1. The highest BCUT2D eigenvalue weighted by Gasteiger charge is 2.22. The molecule has 2 aromatic rings. The van der Waals surface area contributed by atoms with E-state index in [1.54, 1.807) is 7.11 Å². The third-order valence-electron chi connectivity index (χ3n) is 3.55. The van der Waals surface area contributed by atoms with Crippen LogP contribution in [0.3, 0.4) is 0 Å². The first kappa shape index (κ1) is 15.9. The summed E-state index contributed by atoms with van der Waals surface area (Å²) in [5, 5.41) is 7.28. The fourth-order valence-corrected chi connectivity index (χ4v) is 3.07. The highest BCUT2D eigenvalue weighted by molar-refractivity contribution is 7.13. The first-order valence-corrected chi connectivity index (χ1v) is 8.31. The standard InChI is InChI=1S/C16H19N3O3S/c1-21-7-6-17-16-18-14(11-23-16)8-15(20)19-9-12-4-2-3-5-13(12)10-22-19/h2-5,11H,6-10H2,1H3,(H,17,18). The molecule has 1 aromatic carbocycles. The molecule has 2 heterocycles. The molecule has 0 bridgehead atoms. The molecule has 0 radical (unpaired) electrons. The molecule has 0 unspecified atom stereocenters. The zero-order valence-corrected chi connectivity index (χ0v) is 13.8. The molecule has 6 nitrogen and oxygen atoms in total. The van der Waals surface area contributed by atoms with E-state index >= 15 is 0 Å². The van der Waals surface area contributed by atoms with Crippen LogP contribution in [0.1, 0.15) is 16.8 Å². The molecule has 1 aliphatic rings. The molecular weight excluding hydrogens is 314 g/mol. The Labute approximate surface area is 139 Å². The number of anilines is 1. The lowest BCUT2D eigenvalue weighted by molar-refractivity contribution is -0.200. The van der Waals surface area contributed by atoms with E-state index in [1.165, 1.54) is 16.4 Å². The van der Waals surface area contributed by atoms with Crippen LogP contribution in [0.5, 0.6) is 0 Å². The number of hydrogen-bond acceptors (Lipinski definition) is 6. The number of nitrogens with zero attached hydrogens (tertiary/aromatic N) is 2. The van der Waals surface area contributed by atoms with E-state index in [4.69, 9.17) is 9.57 Å². The number of aromatic nitrogens is 1. The number of methoxy groups -OCH3 is 1. The molecule has 0 saturated carbocycles. The van der Waals surface area contributed by atoms with E-state index in [1.807, 2.05) is 29.6 Å². The van der Waals surface area contributed by atoms with E-state index in [9.17, 15) is 4.79 Å².